The van der Waals surface area contributed by atoms with Crippen molar-refractivity contribution < 1.29 is 26.7 Å². The van der Waals surface area contributed by atoms with E-state index in [4.69, 9.17) is 0 Å². The van der Waals surface area contributed by atoms with Gasteiger partial charge in [0, 0.05) is 10.9 Å². The van der Waals surface area contributed by atoms with Gasteiger partial charge in [0.25, 0.3) is 0 Å². The Labute approximate surface area is 171 Å². The highest BCUT2D eigenvalue weighted by molar-refractivity contribution is 5.85. The molecule has 0 aliphatic heterocycles. The standard InChI is InChI=1S/C24H19F5O/c1-2-3-4-5-16-7-12-20-19(14-16)11-10-18(23(20)26)9-6-17-8-13-22(21(25)15-17)30-24(27,28)29/h7-8,10-15H,2-5H2,1H3. The molecule has 3 aromatic carbocycles. The van der Waals surface area contributed by atoms with E-state index in [0.29, 0.717) is 5.39 Å². The lowest BCUT2D eigenvalue weighted by molar-refractivity contribution is -0.275. The van der Waals surface area contributed by atoms with Crippen LogP contribution in [0.1, 0.15) is 42.9 Å². The minimum atomic E-state index is -4.99. The molecule has 0 radical (unpaired) electrons. The number of halogens is 5. The van der Waals surface area contributed by atoms with Crippen LogP contribution in [-0.2, 0) is 6.42 Å². The van der Waals surface area contributed by atoms with Gasteiger partial charge in [-0.2, -0.15) is 0 Å². The highest BCUT2D eigenvalue weighted by Crippen LogP contribution is 2.26. The van der Waals surface area contributed by atoms with E-state index < -0.39 is 23.7 Å². The van der Waals surface area contributed by atoms with Crippen molar-refractivity contribution >= 4 is 10.8 Å². The summed E-state index contributed by atoms with van der Waals surface area (Å²) in [5, 5.41) is 1.20. The first-order chi connectivity index (χ1) is 14.3. The predicted molar refractivity (Wildman–Crippen MR) is 106 cm³/mol. The summed E-state index contributed by atoms with van der Waals surface area (Å²) in [6.45, 7) is 2.14. The number of hydrogen-bond donors (Lipinski definition) is 0. The molecule has 6 heteroatoms. The molecule has 0 aromatic heterocycles. The van der Waals surface area contributed by atoms with Crippen LogP contribution in [0.2, 0.25) is 0 Å². The third-order valence-corrected chi connectivity index (χ3v) is 4.59. The third-order valence-electron chi connectivity index (χ3n) is 4.59. The number of benzene rings is 3. The fraction of sp³-hybridized carbons (Fsp3) is 0.250. The summed E-state index contributed by atoms with van der Waals surface area (Å²) in [5.41, 5.74) is 1.37. The fourth-order valence-corrected chi connectivity index (χ4v) is 3.10. The molecule has 0 aliphatic rings. The van der Waals surface area contributed by atoms with Gasteiger partial charge in [-0.3, -0.25) is 0 Å². The van der Waals surface area contributed by atoms with E-state index in [1.165, 1.54) is 12.1 Å². The van der Waals surface area contributed by atoms with Crippen molar-refractivity contribution in [2.24, 2.45) is 0 Å². The third kappa shape index (κ3) is 5.50. The van der Waals surface area contributed by atoms with E-state index in [-0.39, 0.29) is 11.1 Å². The van der Waals surface area contributed by atoms with Crippen LogP contribution < -0.4 is 4.74 Å². The van der Waals surface area contributed by atoms with Gasteiger partial charge in [0.15, 0.2) is 11.6 Å². The van der Waals surface area contributed by atoms with Gasteiger partial charge in [-0.05, 0) is 48.1 Å². The molecule has 0 spiro atoms. The maximum Gasteiger partial charge on any atom is 0.573 e. The van der Waals surface area contributed by atoms with Crippen molar-refractivity contribution in [2.45, 2.75) is 39.0 Å². The fourth-order valence-electron chi connectivity index (χ4n) is 3.10. The number of fused-ring (bicyclic) bond motifs is 1. The van der Waals surface area contributed by atoms with Crippen LogP contribution in [0, 0.1) is 23.5 Å². The van der Waals surface area contributed by atoms with Crippen molar-refractivity contribution in [3.8, 4) is 17.6 Å². The normalized spacial score (nSPS) is 11.3. The molecule has 30 heavy (non-hydrogen) atoms. The molecule has 156 valence electrons. The molecule has 0 unspecified atom stereocenters. The first-order valence-corrected chi connectivity index (χ1v) is 9.55. The average Bonchev–Trinajstić information content (AvgIpc) is 2.69. The summed E-state index contributed by atoms with van der Waals surface area (Å²) < 4.78 is 68.8. The zero-order chi connectivity index (χ0) is 21.7. The molecular weight excluding hydrogens is 399 g/mol. The summed E-state index contributed by atoms with van der Waals surface area (Å²) in [7, 11) is 0. The van der Waals surface area contributed by atoms with Gasteiger partial charge >= 0.3 is 6.36 Å². The average molecular weight is 418 g/mol. The van der Waals surface area contributed by atoms with Crippen LogP contribution in [0.25, 0.3) is 10.8 Å². The molecule has 0 heterocycles. The van der Waals surface area contributed by atoms with Crippen molar-refractivity contribution in [1.29, 1.82) is 0 Å². The smallest absolute Gasteiger partial charge is 0.403 e. The Kier molecular flexibility index (Phi) is 6.61. The maximum atomic E-state index is 14.8. The molecule has 0 saturated heterocycles. The molecule has 3 aromatic rings. The summed E-state index contributed by atoms with van der Waals surface area (Å²) in [6, 6.07) is 11.7. The first kappa shape index (κ1) is 21.6. The Morgan fingerprint density at radius 1 is 0.900 bits per heavy atom. The Morgan fingerprint density at radius 2 is 1.70 bits per heavy atom. The Morgan fingerprint density at radius 3 is 2.40 bits per heavy atom. The molecule has 0 saturated carbocycles. The van der Waals surface area contributed by atoms with Gasteiger partial charge in [0.2, 0.25) is 0 Å². The molecule has 3 rings (SSSR count). The second-order valence-electron chi connectivity index (χ2n) is 6.88. The molecule has 0 fully saturated rings. The second-order valence-corrected chi connectivity index (χ2v) is 6.88. The highest BCUT2D eigenvalue weighted by atomic mass is 19.4. The van der Waals surface area contributed by atoms with E-state index in [1.807, 2.05) is 12.1 Å². The summed E-state index contributed by atoms with van der Waals surface area (Å²) in [6.07, 6.45) is -0.695. The number of hydrogen-bond acceptors (Lipinski definition) is 1. The number of unbranched alkanes of at least 4 members (excludes halogenated alkanes) is 2. The maximum absolute atomic E-state index is 14.8. The minimum Gasteiger partial charge on any atom is -0.403 e. The van der Waals surface area contributed by atoms with Crippen LogP contribution in [0.5, 0.6) is 5.75 Å². The van der Waals surface area contributed by atoms with Gasteiger partial charge in [-0.25, -0.2) is 8.78 Å². The lowest BCUT2D eigenvalue weighted by Crippen LogP contribution is -2.17. The van der Waals surface area contributed by atoms with Crippen molar-refractivity contribution in [2.75, 3.05) is 0 Å². The Balaban J connectivity index is 1.83. The summed E-state index contributed by atoms with van der Waals surface area (Å²) >= 11 is 0. The molecule has 1 nitrogen and oxygen atoms in total. The molecule has 0 bridgehead atoms. The number of rotatable bonds is 5. The quantitative estimate of drug-likeness (QED) is 0.243. The minimum absolute atomic E-state index is 0.104. The van der Waals surface area contributed by atoms with Gasteiger partial charge in [-0.1, -0.05) is 55.9 Å². The predicted octanol–water partition coefficient (Wildman–Crippen LogP) is 7.15. The van der Waals surface area contributed by atoms with Gasteiger partial charge in [0.1, 0.15) is 5.82 Å². The monoisotopic (exact) mass is 418 g/mol. The molecule has 0 N–H and O–H groups in total. The van der Waals surface area contributed by atoms with E-state index in [0.717, 1.165) is 48.8 Å². The van der Waals surface area contributed by atoms with E-state index >= 15 is 0 Å². The van der Waals surface area contributed by atoms with Crippen molar-refractivity contribution in [3.63, 3.8) is 0 Å². The SMILES string of the molecule is CCCCCc1ccc2c(F)c(C#Cc3ccc(OC(F)(F)F)c(F)c3)ccc2c1. The zero-order valence-electron chi connectivity index (χ0n) is 16.2. The van der Waals surface area contributed by atoms with E-state index in [9.17, 15) is 22.0 Å². The first-order valence-electron chi connectivity index (χ1n) is 9.55. The highest BCUT2D eigenvalue weighted by Gasteiger charge is 2.32. The number of aryl methyl sites for hydroxylation is 1. The molecular formula is C24H19F5O. The lowest BCUT2D eigenvalue weighted by Gasteiger charge is -2.09. The van der Waals surface area contributed by atoms with E-state index in [2.05, 4.69) is 23.5 Å². The van der Waals surface area contributed by atoms with Crippen LogP contribution >= 0.6 is 0 Å². The number of ether oxygens (including phenoxy) is 1. The van der Waals surface area contributed by atoms with E-state index in [1.54, 1.807) is 12.1 Å². The lowest BCUT2D eigenvalue weighted by atomic mass is 10.0. The molecule has 0 amide bonds. The van der Waals surface area contributed by atoms with Gasteiger partial charge < -0.3 is 4.74 Å². The topological polar surface area (TPSA) is 9.23 Å². The van der Waals surface area contributed by atoms with Gasteiger partial charge in [-0.15, -0.1) is 13.2 Å². The zero-order valence-corrected chi connectivity index (χ0v) is 16.2. The van der Waals surface area contributed by atoms with Crippen LogP contribution in [0.15, 0.2) is 48.5 Å². The Bertz CT molecular complexity index is 1110. The molecule has 0 atom stereocenters. The van der Waals surface area contributed by atoms with Crippen LogP contribution in [0.4, 0.5) is 22.0 Å². The number of alkyl halides is 3. The van der Waals surface area contributed by atoms with Crippen LogP contribution in [-0.4, -0.2) is 6.36 Å². The van der Waals surface area contributed by atoms with Crippen molar-refractivity contribution in [1.82, 2.24) is 0 Å². The molecule has 0 aliphatic carbocycles. The largest absolute Gasteiger partial charge is 0.573 e. The summed E-state index contributed by atoms with van der Waals surface area (Å²) in [5.74, 6) is 2.56. The van der Waals surface area contributed by atoms with Crippen LogP contribution in [0.3, 0.4) is 0 Å². The Hall–Kier alpha value is -3.07. The summed E-state index contributed by atoms with van der Waals surface area (Å²) in [4.78, 5) is 0. The van der Waals surface area contributed by atoms with Gasteiger partial charge in [0.05, 0.1) is 5.56 Å². The second kappa shape index (κ2) is 9.17. The van der Waals surface area contributed by atoms with Crippen molar-refractivity contribution in [3.05, 3.63) is 76.9 Å².